The van der Waals surface area contributed by atoms with Gasteiger partial charge in [0, 0.05) is 43.7 Å². The molecule has 0 atom stereocenters. The molecule has 0 aliphatic carbocycles. The highest BCUT2D eigenvalue weighted by atomic mass is 35.5. The summed E-state index contributed by atoms with van der Waals surface area (Å²) in [7, 11) is 0. The maximum atomic E-state index is 12.9. The first kappa shape index (κ1) is 20.7. The van der Waals surface area contributed by atoms with Gasteiger partial charge in [-0.15, -0.1) is 0 Å². The molecule has 1 N–H and O–H groups in total. The Hall–Kier alpha value is -1.99. The molecule has 1 aromatic rings. The van der Waals surface area contributed by atoms with Crippen LogP contribution in [0.4, 0.5) is 0 Å². The predicted molar refractivity (Wildman–Crippen MR) is 107 cm³/mol. The second kappa shape index (κ2) is 8.57. The van der Waals surface area contributed by atoms with Crippen LogP contribution in [0.25, 0.3) is 0 Å². The zero-order valence-corrected chi connectivity index (χ0v) is 17.5. The summed E-state index contributed by atoms with van der Waals surface area (Å²) in [6.07, 6.45) is 0.777. The van der Waals surface area contributed by atoms with E-state index in [0.29, 0.717) is 68.0 Å². The Morgan fingerprint density at radius 3 is 2.46 bits per heavy atom. The van der Waals surface area contributed by atoms with Crippen LogP contribution in [0.1, 0.15) is 37.6 Å². The fraction of sp³-hybridized carbons (Fsp3) is 0.600. The van der Waals surface area contributed by atoms with Crippen molar-refractivity contribution in [3.63, 3.8) is 0 Å². The van der Waals surface area contributed by atoms with E-state index in [2.05, 4.69) is 10.2 Å². The number of carbonyl (C=O) groups excluding carboxylic acids is 2. The van der Waals surface area contributed by atoms with E-state index in [9.17, 15) is 9.59 Å². The number of nitrogens with one attached hydrogen (secondary N) is 1. The number of nitrogens with zero attached hydrogens (tertiary/aromatic N) is 2. The molecule has 3 rings (SSSR count). The van der Waals surface area contributed by atoms with Crippen molar-refractivity contribution in [2.75, 3.05) is 45.9 Å². The van der Waals surface area contributed by atoms with E-state index in [4.69, 9.17) is 21.1 Å². The Labute approximate surface area is 170 Å². The predicted octanol–water partition coefficient (Wildman–Crippen LogP) is 2.17. The number of ether oxygens (including phenoxy) is 2. The van der Waals surface area contributed by atoms with Gasteiger partial charge in [0.2, 0.25) is 5.91 Å². The molecule has 0 radical (unpaired) electrons. The van der Waals surface area contributed by atoms with Gasteiger partial charge in [-0.05, 0) is 32.9 Å². The van der Waals surface area contributed by atoms with Crippen LogP contribution >= 0.6 is 11.6 Å². The van der Waals surface area contributed by atoms with Crippen molar-refractivity contribution in [1.82, 2.24) is 15.1 Å². The maximum Gasteiger partial charge on any atom is 0.254 e. The van der Waals surface area contributed by atoms with E-state index >= 15 is 0 Å². The largest absolute Gasteiger partial charge is 0.489 e. The number of fused-ring (bicyclic) bond motifs is 1. The third-order valence-electron chi connectivity index (χ3n) is 4.59. The molecular formula is C20H28ClN3O4. The van der Waals surface area contributed by atoms with Crippen molar-refractivity contribution in [2.45, 2.75) is 32.7 Å². The van der Waals surface area contributed by atoms with E-state index in [1.807, 2.05) is 20.8 Å². The minimum absolute atomic E-state index is 0.00181. The maximum absolute atomic E-state index is 12.9. The second-order valence-corrected chi connectivity index (χ2v) is 8.61. The third-order valence-corrected chi connectivity index (χ3v) is 4.87. The van der Waals surface area contributed by atoms with Crippen LogP contribution in [-0.4, -0.2) is 73.1 Å². The van der Waals surface area contributed by atoms with Crippen molar-refractivity contribution >= 4 is 23.4 Å². The highest BCUT2D eigenvalue weighted by Gasteiger charge is 2.26. The van der Waals surface area contributed by atoms with Gasteiger partial charge in [0.1, 0.15) is 0 Å². The summed E-state index contributed by atoms with van der Waals surface area (Å²) < 4.78 is 11.3. The Kier molecular flexibility index (Phi) is 6.35. The molecule has 0 unspecified atom stereocenters. The molecule has 1 fully saturated rings. The SMILES string of the molecule is CC(C)(C)NC(=O)CN1CCN(C(=O)c2cc(Cl)c3c(c2)OCCCO3)CC1. The average Bonchev–Trinajstić information content (AvgIpc) is 2.86. The van der Waals surface area contributed by atoms with E-state index in [-0.39, 0.29) is 17.4 Å². The first-order valence-electron chi connectivity index (χ1n) is 9.65. The molecule has 28 heavy (non-hydrogen) atoms. The van der Waals surface area contributed by atoms with Gasteiger partial charge >= 0.3 is 0 Å². The highest BCUT2D eigenvalue weighted by molar-refractivity contribution is 6.32. The fourth-order valence-corrected chi connectivity index (χ4v) is 3.57. The number of benzene rings is 1. The Morgan fingerprint density at radius 2 is 1.79 bits per heavy atom. The van der Waals surface area contributed by atoms with Gasteiger partial charge in [-0.1, -0.05) is 11.6 Å². The van der Waals surface area contributed by atoms with Crippen LogP contribution in [0, 0.1) is 0 Å². The van der Waals surface area contributed by atoms with Crippen LogP contribution < -0.4 is 14.8 Å². The molecule has 2 aliphatic heterocycles. The molecular weight excluding hydrogens is 382 g/mol. The number of hydrogen-bond donors (Lipinski definition) is 1. The summed E-state index contributed by atoms with van der Waals surface area (Å²) in [4.78, 5) is 28.9. The summed E-state index contributed by atoms with van der Waals surface area (Å²) in [6, 6.07) is 3.35. The van der Waals surface area contributed by atoms with Crippen molar-refractivity contribution in [3.05, 3.63) is 22.7 Å². The topological polar surface area (TPSA) is 71.1 Å². The summed E-state index contributed by atoms with van der Waals surface area (Å²) in [5, 5.41) is 3.35. The van der Waals surface area contributed by atoms with Gasteiger partial charge in [-0.25, -0.2) is 0 Å². The molecule has 0 bridgehead atoms. The number of amides is 2. The van der Waals surface area contributed by atoms with Gasteiger partial charge < -0.3 is 19.7 Å². The number of hydrogen-bond acceptors (Lipinski definition) is 5. The van der Waals surface area contributed by atoms with E-state index in [1.54, 1.807) is 17.0 Å². The summed E-state index contributed by atoms with van der Waals surface area (Å²) in [5.41, 5.74) is 0.249. The van der Waals surface area contributed by atoms with E-state index in [1.165, 1.54) is 0 Å². The van der Waals surface area contributed by atoms with Crippen molar-refractivity contribution in [1.29, 1.82) is 0 Å². The third kappa shape index (κ3) is 5.29. The minimum Gasteiger partial charge on any atom is -0.489 e. The van der Waals surface area contributed by atoms with Gasteiger partial charge in [-0.3, -0.25) is 14.5 Å². The summed E-state index contributed by atoms with van der Waals surface area (Å²) in [6.45, 7) is 9.74. The van der Waals surface area contributed by atoms with Crippen molar-refractivity contribution in [2.24, 2.45) is 0 Å². The smallest absolute Gasteiger partial charge is 0.254 e. The molecule has 0 spiro atoms. The molecule has 7 nitrogen and oxygen atoms in total. The quantitative estimate of drug-likeness (QED) is 0.828. The molecule has 0 aromatic heterocycles. The van der Waals surface area contributed by atoms with Crippen molar-refractivity contribution in [3.8, 4) is 11.5 Å². The van der Waals surface area contributed by atoms with Gasteiger partial charge in [0.15, 0.2) is 11.5 Å². The van der Waals surface area contributed by atoms with Crippen LogP contribution in [0.2, 0.25) is 5.02 Å². The number of carbonyl (C=O) groups is 2. The monoisotopic (exact) mass is 409 g/mol. The van der Waals surface area contributed by atoms with Crippen molar-refractivity contribution < 1.29 is 19.1 Å². The average molecular weight is 410 g/mol. The number of halogens is 1. The minimum atomic E-state index is -0.245. The van der Waals surface area contributed by atoms with Gasteiger partial charge in [-0.2, -0.15) is 0 Å². The van der Waals surface area contributed by atoms with Gasteiger partial charge in [0.05, 0.1) is 24.8 Å². The first-order chi connectivity index (χ1) is 13.2. The molecule has 0 saturated carbocycles. The van der Waals surface area contributed by atoms with Crippen LogP contribution in [0.3, 0.4) is 0 Å². The van der Waals surface area contributed by atoms with Crippen LogP contribution in [0.5, 0.6) is 11.5 Å². The molecule has 1 aromatic carbocycles. The van der Waals surface area contributed by atoms with E-state index in [0.717, 1.165) is 6.42 Å². The second-order valence-electron chi connectivity index (χ2n) is 8.20. The Morgan fingerprint density at radius 1 is 1.11 bits per heavy atom. The van der Waals surface area contributed by atoms with Crippen LogP contribution in [-0.2, 0) is 4.79 Å². The summed E-state index contributed by atoms with van der Waals surface area (Å²) >= 11 is 6.31. The lowest BCUT2D eigenvalue weighted by atomic mass is 10.1. The Balaban J connectivity index is 1.59. The van der Waals surface area contributed by atoms with E-state index < -0.39 is 0 Å². The fourth-order valence-electron chi connectivity index (χ4n) is 3.31. The summed E-state index contributed by atoms with van der Waals surface area (Å²) in [5.74, 6) is 0.939. The van der Waals surface area contributed by atoms with Gasteiger partial charge in [0.25, 0.3) is 5.91 Å². The number of piperazine rings is 1. The number of rotatable bonds is 3. The Bertz CT molecular complexity index is 740. The standard InChI is InChI=1S/C20H28ClN3O4/c1-20(2,3)22-17(25)13-23-5-7-24(8-6-23)19(26)14-11-15(21)18-16(12-14)27-9-4-10-28-18/h11-12H,4-10,13H2,1-3H3,(H,22,25). The lowest BCUT2D eigenvalue weighted by molar-refractivity contribution is -0.124. The molecule has 2 heterocycles. The molecule has 8 heteroatoms. The highest BCUT2D eigenvalue weighted by Crippen LogP contribution is 2.38. The molecule has 2 aliphatic rings. The lowest BCUT2D eigenvalue weighted by Crippen LogP contribution is -2.52. The lowest BCUT2D eigenvalue weighted by Gasteiger charge is -2.35. The zero-order chi connectivity index (χ0) is 20.3. The molecule has 1 saturated heterocycles. The normalized spacial score (nSPS) is 17.8. The first-order valence-corrected chi connectivity index (χ1v) is 10.0. The zero-order valence-electron chi connectivity index (χ0n) is 16.7. The molecule has 154 valence electrons. The van der Waals surface area contributed by atoms with Crippen LogP contribution in [0.15, 0.2) is 12.1 Å². The molecule has 2 amide bonds.